The van der Waals surface area contributed by atoms with Crippen LogP contribution in [-0.4, -0.2) is 17.5 Å². The lowest BCUT2D eigenvalue weighted by Gasteiger charge is -2.22. The molecular formula is C14H27ClO2. The average molecular weight is 263 g/mol. The first-order valence-electron chi connectivity index (χ1n) is 6.93. The highest BCUT2D eigenvalue weighted by Crippen LogP contribution is 2.20. The van der Waals surface area contributed by atoms with Gasteiger partial charge in [0.15, 0.2) is 0 Å². The smallest absolute Gasteiger partial charge is 0.302 e. The summed E-state index contributed by atoms with van der Waals surface area (Å²) in [6.45, 7) is 5.79. The fraction of sp³-hybridized carbons (Fsp3) is 0.929. The van der Waals surface area contributed by atoms with E-state index in [0.717, 1.165) is 32.1 Å². The molecule has 0 aliphatic carbocycles. The van der Waals surface area contributed by atoms with Gasteiger partial charge in [0, 0.05) is 6.92 Å². The molecule has 2 nitrogen and oxygen atoms in total. The molecule has 2 unspecified atom stereocenters. The standard InChI is InChI=1S/C14H27ClO2/c1-4-6-8-9-10-13(15)14(11-7-5-2)17-12(3)16/h13-14H,4-11H2,1-3H3. The van der Waals surface area contributed by atoms with Gasteiger partial charge < -0.3 is 4.74 Å². The molecule has 0 aromatic heterocycles. The SMILES string of the molecule is CCCCCCC(Cl)C(CCCC)OC(C)=O. The topological polar surface area (TPSA) is 26.3 Å². The molecule has 17 heavy (non-hydrogen) atoms. The van der Waals surface area contributed by atoms with Gasteiger partial charge in [-0.1, -0.05) is 46.0 Å². The molecule has 0 aromatic carbocycles. The number of carbonyl (C=O) groups is 1. The van der Waals surface area contributed by atoms with Crippen LogP contribution in [0, 0.1) is 0 Å². The maximum atomic E-state index is 11.0. The molecule has 0 heterocycles. The average Bonchev–Trinajstić information content (AvgIpc) is 2.29. The summed E-state index contributed by atoms with van der Waals surface area (Å²) in [6, 6.07) is 0. The number of hydrogen-bond acceptors (Lipinski definition) is 2. The van der Waals surface area contributed by atoms with E-state index in [4.69, 9.17) is 16.3 Å². The molecule has 0 fully saturated rings. The van der Waals surface area contributed by atoms with Crippen molar-refractivity contribution >= 4 is 17.6 Å². The number of ether oxygens (including phenoxy) is 1. The van der Waals surface area contributed by atoms with Gasteiger partial charge in [0.25, 0.3) is 0 Å². The van der Waals surface area contributed by atoms with E-state index in [0.29, 0.717) is 0 Å². The molecule has 0 rings (SSSR count). The summed E-state index contributed by atoms with van der Waals surface area (Å²) < 4.78 is 5.30. The first-order valence-corrected chi connectivity index (χ1v) is 7.36. The van der Waals surface area contributed by atoms with Gasteiger partial charge in [-0.2, -0.15) is 0 Å². The Labute approximate surface area is 111 Å². The van der Waals surface area contributed by atoms with Crippen LogP contribution in [0.1, 0.15) is 72.1 Å². The van der Waals surface area contributed by atoms with Crippen LogP contribution in [0.4, 0.5) is 0 Å². The number of rotatable bonds is 10. The molecule has 3 heteroatoms. The van der Waals surface area contributed by atoms with Crippen molar-refractivity contribution in [1.82, 2.24) is 0 Å². The zero-order valence-corrected chi connectivity index (χ0v) is 12.3. The van der Waals surface area contributed by atoms with Crippen LogP contribution in [0.15, 0.2) is 0 Å². The van der Waals surface area contributed by atoms with E-state index in [1.807, 2.05) is 0 Å². The van der Waals surface area contributed by atoms with Crippen LogP contribution in [-0.2, 0) is 9.53 Å². The Morgan fingerprint density at radius 3 is 2.24 bits per heavy atom. The van der Waals surface area contributed by atoms with Gasteiger partial charge in [-0.25, -0.2) is 0 Å². The van der Waals surface area contributed by atoms with Gasteiger partial charge in [-0.05, 0) is 19.3 Å². The monoisotopic (exact) mass is 262 g/mol. The number of hydrogen-bond donors (Lipinski definition) is 0. The van der Waals surface area contributed by atoms with Gasteiger partial charge in [0.2, 0.25) is 0 Å². The highest BCUT2D eigenvalue weighted by atomic mass is 35.5. The Hall–Kier alpha value is -0.240. The van der Waals surface area contributed by atoms with E-state index < -0.39 is 0 Å². The van der Waals surface area contributed by atoms with E-state index in [-0.39, 0.29) is 17.5 Å². The predicted octanol–water partition coefficient (Wildman–Crippen LogP) is 4.69. The lowest BCUT2D eigenvalue weighted by Crippen LogP contribution is -2.26. The molecule has 0 aromatic rings. The summed E-state index contributed by atoms with van der Waals surface area (Å²) in [5, 5.41) is -0.0256. The third-order valence-corrected chi connectivity index (χ3v) is 3.40. The van der Waals surface area contributed by atoms with Crippen molar-refractivity contribution in [3.8, 4) is 0 Å². The van der Waals surface area contributed by atoms with Crippen molar-refractivity contribution in [1.29, 1.82) is 0 Å². The highest BCUT2D eigenvalue weighted by molar-refractivity contribution is 6.21. The summed E-state index contributed by atoms with van der Waals surface area (Å²) in [5.74, 6) is -0.217. The van der Waals surface area contributed by atoms with Crippen molar-refractivity contribution in [3.63, 3.8) is 0 Å². The van der Waals surface area contributed by atoms with E-state index >= 15 is 0 Å². The number of esters is 1. The van der Waals surface area contributed by atoms with Crippen molar-refractivity contribution in [2.45, 2.75) is 83.6 Å². The Morgan fingerprint density at radius 2 is 1.71 bits per heavy atom. The maximum absolute atomic E-state index is 11.0. The number of carbonyl (C=O) groups excluding carboxylic acids is 1. The molecule has 0 radical (unpaired) electrons. The first-order chi connectivity index (χ1) is 8.11. The van der Waals surface area contributed by atoms with E-state index in [1.165, 1.54) is 26.2 Å². The zero-order valence-electron chi connectivity index (χ0n) is 11.5. The van der Waals surface area contributed by atoms with Crippen LogP contribution in [0.3, 0.4) is 0 Å². The second kappa shape index (κ2) is 10.9. The van der Waals surface area contributed by atoms with Gasteiger partial charge in [0.05, 0.1) is 5.38 Å². The molecule has 0 N–H and O–H groups in total. The quantitative estimate of drug-likeness (QED) is 0.324. The lowest BCUT2D eigenvalue weighted by molar-refractivity contribution is -0.146. The molecule has 0 aliphatic heterocycles. The molecule has 0 bridgehead atoms. The fourth-order valence-corrected chi connectivity index (χ4v) is 2.22. The number of halogens is 1. The second-order valence-electron chi connectivity index (χ2n) is 4.66. The maximum Gasteiger partial charge on any atom is 0.302 e. The van der Waals surface area contributed by atoms with Crippen molar-refractivity contribution in [2.75, 3.05) is 0 Å². The van der Waals surface area contributed by atoms with Crippen LogP contribution >= 0.6 is 11.6 Å². The Morgan fingerprint density at radius 1 is 1.06 bits per heavy atom. The lowest BCUT2D eigenvalue weighted by atomic mass is 10.0. The largest absolute Gasteiger partial charge is 0.461 e. The van der Waals surface area contributed by atoms with Crippen molar-refractivity contribution in [3.05, 3.63) is 0 Å². The molecule has 0 spiro atoms. The Bertz CT molecular complexity index is 195. The predicted molar refractivity (Wildman–Crippen MR) is 73.5 cm³/mol. The minimum atomic E-state index is -0.217. The van der Waals surface area contributed by atoms with Gasteiger partial charge >= 0.3 is 5.97 Å². The minimum absolute atomic E-state index is 0.0256. The van der Waals surface area contributed by atoms with Crippen LogP contribution in [0.2, 0.25) is 0 Å². The molecule has 102 valence electrons. The minimum Gasteiger partial charge on any atom is -0.461 e. The summed E-state index contributed by atoms with van der Waals surface area (Å²) >= 11 is 6.33. The van der Waals surface area contributed by atoms with Crippen molar-refractivity contribution in [2.24, 2.45) is 0 Å². The molecule has 0 amide bonds. The van der Waals surface area contributed by atoms with Crippen molar-refractivity contribution < 1.29 is 9.53 Å². The first kappa shape index (κ1) is 16.8. The Balaban J connectivity index is 3.93. The molecule has 0 saturated carbocycles. The molecule has 2 atom stereocenters. The third kappa shape index (κ3) is 9.46. The van der Waals surface area contributed by atoms with Crippen LogP contribution in [0.5, 0.6) is 0 Å². The number of alkyl halides is 1. The van der Waals surface area contributed by atoms with E-state index in [1.54, 1.807) is 0 Å². The molecular weight excluding hydrogens is 236 g/mol. The summed E-state index contributed by atoms with van der Waals surface area (Å²) in [5.41, 5.74) is 0. The number of unbranched alkanes of at least 4 members (excludes halogenated alkanes) is 4. The van der Waals surface area contributed by atoms with E-state index in [9.17, 15) is 4.79 Å². The summed E-state index contributed by atoms with van der Waals surface area (Å²) in [7, 11) is 0. The van der Waals surface area contributed by atoms with Gasteiger partial charge in [0.1, 0.15) is 6.10 Å². The normalized spacial score (nSPS) is 14.4. The van der Waals surface area contributed by atoms with E-state index in [2.05, 4.69) is 13.8 Å². The summed E-state index contributed by atoms with van der Waals surface area (Å²) in [6.07, 6.45) is 8.75. The zero-order chi connectivity index (χ0) is 13.1. The van der Waals surface area contributed by atoms with Gasteiger partial charge in [-0.3, -0.25) is 4.79 Å². The highest BCUT2D eigenvalue weighted by Gasteiger charge is 2.21. The third-order valence-electron chi connectivity index (χ3n) is 2.90. The summed E-state index contributed by atoms with van der Waals surface area (Å²) in [4.78, 5) is 11.0. The Kier molecular flexibility index (Phi) is 10.7. The molecule has 0 aliphatic rings. The molecule has 0 saturated heterocycles. The van der Waals surface area contributed by atoms with Crippen LogP contribution < -0.4 is 0 Å². The second-order valence-corrected chi connectivity index (χ2v) is 5.22. The van der Waals surface area contributed by atoms with Gasteiger partial charge in [-0.15, -0.1) is 11.6 Å². The fourth-order valence-electron chi connectivity index (χ4n) is 1.88. The van der Waals surface area contributed by atoms with Crippen LogP contribution in [0.25, 0.3) is 0 Å².